The van der Waals surface area contributed by atoms with Gasteiger partial charge in [-0.2, -0.15) is 0 Å². The van der Waals surface area contributed by atoms with Gasteiger partial charge in [-0.25, -0.2) is 4.58 Å². The van der Waals surface area contributed by atoms with E-state index in [9.17, 15) is 4.80 Å². The maximum Gasteiger partial charge on any atom is 0.497 e. The molecule has 4 nitrogen and oxygen atoms in total. The highest BCUT2D eigenvalue weighted by molar-refractivity contribution is 6.59. The summed E-state index contributed by atoms with van der Waals surface area (Å²) in [6.45, 7) is 9.53. The SMILES string of the molecule is CC=[N+](C=CC(C)C(C)C)CCC[Si](O)(OC)OC. The van der Waals surface area contributed by atoms with Gasteiger partial charge in [0.2, 0.25) is 0 Å². The molecule has 19 heavy (non-hydrogen) atoms. The molecule has 0 saturated heterocycles. The van der Waals surface area contributed by atoms with E-state index in [-0.39, 0.29) is 0 Å². The van der Waals surface area contributed by atoms with Gasteiger partial charge >= 0.3 is 8.80 Å². The summed E-state index contributed by atoms with van der Waals surface area (Å²) in [7, 11) is 0.103. The predicted molar refractivity (Wildman–Crippen MR) is 81.4 cm³/mol. The molecule has 0 aliphatic heterocycles. The van der Waals surface area contributed by atoms with Gasteiger partial charge in [0, 0.05) is 33.6 Å². The van der Waals surface area contributed by atoms with Gasteiger partial charge in [0.1, 0.15) is 12.8 Å². The van der Waals surface area contributed by atoms with Crippen LogP contribution in [0.5, 0.6) is 0 Å². The minimum absolute atomic E-state index is 0.562. The molecule has 1 N–H and O–H groups in total. The Balaban J connectivity index is 4.23. The van der Waals surface area contributed by atoms with Crippen LogP contribution < -0.4 is 0 Å². The van der Waals surface area contributed by atoms with Gasteiger partial charge in [0.05, 0.1) is 0 Å². The Hall–Kier alpha value is -0.493. The number of rotatable bonds is 9. The van der Waals surface area contributed by atoms with Crippen molar-refractivity contribution in [2.45, 2.75) is 40.2 Å². The van der Waals surface area contributed by atoms with Gasteiger partial charge < -0.3 is 13.6 Å². The fraction of sp³-hybridized carbons (Fsp3) is 0.786. The van der Waals surface area contributed by atoms with E-state index < -0.39 is 8.80 Å². The van der Waals surface area contributed by atoms with Gasteiger partial charge in [-0.3, -0.25) is 0 Å². The highest BCUT2D eigenvalue weighted by Crippen LogP contribution is 2.12. The van der Waals surface area contributed by atoms with Crippen LogP contribution in [0, 0.1) is 11.8 Å². The predicted octanol–water partition coefficient (Wildman–Crippen LogP) is 2.51. The van der Waals surface area contributed by atoms with E-state index in [0.29, 0.717) is 17.9 Å². The molecule has 0 aromatic rings. The molecule has 0 aliphatic rings. The molecule has 1 atom stereocenters. The maximum absolute atomic E-state index is 9.95. The minimum atomic E-state index is -2.90. The fourth-order valence-electron chi connectivity index (χ4n) is 1.53. The van der Waals surface area contributed by atoms with E-state index in [2.05, 4.69) is 37.6 Å². The standard InChI is InChI=1S/C14H30NO3Si/c1-7-15(11-9-14(4)13(2)3)10-8-12-19(16,17-5)18-6/h7,9,11,13-14,16H,8,10,12H2,1-6H3/q+1. The van der Waals surface area contributed by atoms with Crippen molar-refractivity contribution >= 4 is 15.0 Å². The van der Waals surface area contributed by atoms with Crippen LogP contribution >= 0.6 is 0 Å². The average molecular weight is 288 g/mol. The van der Waals surface area contributed by atoms with Gasteiger partial charge in [-0.15, -0.1) is 0 Å². The molecule has 0 aliphatic carbocycles. The van der Waals surface area contributed by atoms with Crippen molar-refractivity contribution in [1.29, 1.82) is 0 Å². The van der Waals surface area contributed by atoms with E-state index >= 15 is 0 Å². The van der Waals surface area contributed by atoms with Crippen LogP contribution in [-0.4, -0.2) is 45.2 Å². The van der Waals surface area contributed by atoms with Crippen molar-refractivity contribution in [2.24, 2.45) is 11.8 Å². The molecule has 1 unspecified atom stereocenters. The number of hydrogen-bond donors (Lipinski definition) is 1. The first-order valence-corrected chi connectivity index (χ1v) is 8.91. The Morgan fingerprint density at radius 3 is 2.21 bits per heavy atom. The third-order valence-electron chi connectivity index (χ3n) is 3.51. The summed E-state index contributed by atoms with van der Waals surface area (Å²) < 4.78 is 12.3. The summed E-state index contributed by atoms with van der Waals surface area (Å²) in [5, 5.41) is 0. The minimum Gasteiger partial charge on any atom is -0.390 e. The molecule has 0 heterocycles. The first-order chi connectivity index (χ1) is 8.88. The molecular formula is C14H30NO3Si+. The second-order valence-corrected chi connectivity index (χ2v) is 7.91. The molecule has 112 valence electrons. The second-order valence-electron chi connectivity index (χ2n) is 5.17. The van der Waals surface area contributed by atoms with Crippen LogP contribution in [0.2, 0.25) is 6.04 Å². The lowest BCUT2D eigenvalue weighted by atomic mass is 9.98. The third-order valence-corrected chi connectivity index (χ3v) is 5.77. The molecule has 0 amide bonds. The van der Waals surface area contributed by atoms with Gasteiger partial charge in [0.15, 0.2) is 6.20 Å². The van der Waals surface area contributed by atoms with Crippen LogP contribution in [0.4, 0.5) is 0 Å². The summed E-state index contributed by atoms with van der Waals surface area (Å²) in [6.07, 6.45) is 7.23. The Morgan fingerprint density at radius 2 is 1.79 bits per heavy atom. The maximum atomic E-state index is 9.95. The highest BCUT2D eigenvalue weighted by atomic mass is 28.4. The van der Waals surface area contributed by atoms with Crippen LogP contribution in [0.1, 0.15) is 34.1 Å². The zero-order chi connectivity index (χ0) is 14.9. The van der Waals surface area contributed by atoms with E-state index in [0.717, 1.165) is 13.0 Å². The summed E-state index contributed by atoms with van der Waals surface area (Å²) in [5.74, 6) is 1.21. The molecule has 0 bridgehead atoms. The lowest BCUT2D eigenvalue weighted by Gasteiger charge is -2.18. The second kappa shape index (κ2) is 9.42. The normalized spacial score (nSPS) is 15.5. The summed E-state index contributed by atoms with van der Waals surface area (Å²) in [6, 6.07) is 0.581. The van der Waals surface area contributed by atoms with E-state index in [4.69, 9.17) is 8.85 Å². The summed E-state index contributed by atoms with van der Waals surface area (Å²) >= 11 is 0. The Morgan fingerprint density at radius 1 is 1.21 bits per heavy atom. The number of hydrogen-bond acceptors (Lipinski definition) is 3. The lowest BCUT2D eigenvalue weighted by Crippen LogP contribution is -2.40. The largest absolute Gasteiger partial charge is 0.497 e. The van der Waals surface area contributed by atoms with Crippen molar-refractivity contribution < 1.29 is 18.2 Å². The Bertz CT molecular complexity index is 299. The molecule has 0 rings (SSSR count). The van der Waals surface area contributed by atoms with E-state index in [1.165, 1.54) is 14.2 Å². The third kappa shape index (κ3) is 7.62. The molecule has 0 aromatic carbocycles. The monoisotopic (exact) mass is 288 g/mol. The van der Waals surface area contributed by atoms with Crippen molar-refractivity contribution in [2.75, 3.05) is 20.8 Å². The van der Waals surface area contributed by atoms with Crippen LogP contribution in [-0.2, 0) is 8.85 Å². The van der Waals surface area contributed by atoms with Crippen LogP contribution in [0.15, 0.2) is 12.3 Å². The molecule has 0 radical (unpaired) electrons. The molecule has 0 saturated carbocycles. The highest BCUT2D eigenvalue weighted by Gasteiger charge is 2.33. The molecule has 0 spiro atoms. The zero-order valence-corrected chi connectivity index (χ0v) is 14.2. The number of allylic oxidation sites excluding steroid dienone is 1. The lowest BCUT2D eigenvalue weighted by molar-refractivity contribution is -0.453. The quantitative estimate of drug-likeness (QED) is 0.403. The van der Waals surface area contributed by atoms with Gasteiger partial charge in [0.25, 0.3) is 0 Å². The van der Waals surface area contributed by atoms with Gasteiger partial charge in [-0.1, -0.05) is 20.8 Å². The Labute approximate surface area is 119 Å². The molecule has 0 fully saturated rings. The topological polar surface area (TPSA) is 41.7 Å². The molecular weight excluding hydrogens is 258 g/mol. The summed E-state index contributed by atoms with van der Waals surface area (Å²) in [5.41, 5.74) is 0. The van der Waals surface area contributed by atoms with Crippen LogP contribution in [0.3, 0.4) is 0 Å². The number of nitrogens with zero attached hydrogens (tertiary/aromatic N) is 1. The van der Waals surface area contributed by atoms with Crippen molar-refractivity contribution in [1.82, 2.24) is 0 Å². The van der Waals surface area contributed by atoms with E-state index in [1.54, 1.807) is 0 Å². The first kappa shape index (κ1) is 18.5. The fourth-order valence-corrected chi connectivity index (χ4v) is 2.71. The zero-order valence-electron chi connectivity index (χ0n) is 13.2. The molecule has 0 aromatic heterocycles. The van der Waals surface area contributed by atoms with Crippen molar-refractivity contribution in [3.05, 3.63) is 12.3 Å². The van der Waals surface area contributed by atoms with Gasteiger partial charge in [-0.05, 0) is 17.9 Å². The molecule has 5 heteroatoms. The smallest absolute Gasteiger partial charge is 0.390 e. The first-order valence-electron chi connectivity index (χ1n) is 6.94. The van der Waals surface area contributed by atoms with Crippen LogP contribution in [0.25, 0.3) is 0 Å². The summed E-state index contributed by atoms with van der Waals surface area (Å²) in [4.78, 5) is 9.95. The Kier molecular flexibility index (Phi) is 9.17. The van der Waals surface area contributed by atoms with Crippen molar-refractivity contribution in [3.63, 3.8) is 0 Å². The average Bonchev–Trinajstić information content (AvgIpc) is 2.41. The van der Waals surface area contributed by atoms with E-state index in [1.807, 2.05) is 13.1 Å². The van der Waals surface area contributed by atoms with Crippen molar-refractivity contribution in [3.8, 4) is 0 Å².